The molecule has 0 aliphatic carbocycles. The molecule has 0 radical (unpaired) electrons. The van der Waals surface area contributed by atoms with Crippen LogP contribution in [0, 0.1) is 5.82 Å². The number of hydrogen-bond acceptors (Lipinski definition) is 5. The lowest BCUT2D eigenvalue weighted by Crippen LogP contribution is -2.38. The summed E-state index contributed by atoms with van der Waals surface area (Å²) in [6, 6.07) is 0.765. The molecule has 8 nitrogen and oxygen atoms in total. The van der Waals surface area contributed by atoms with E-state index in [1.165, 1.54) is 6.07 Å². The van der Waals surface area contributed by atoms with Crippen LogP contribution in [0.3, 0.4) is 0 Å². The van der Waals surface area contributed by atoms with Crippen LogP contribution in [0.25, 0.3) is 0 Å². The van der Waals surface area contributed by atoms with Crippen molar-refractivity contribution in [3.05, 3.63) is 28.0 Å². The number of carboxylic acid groups (broad SMARTS) is 1. The molecule has 0 saturated carbocycles. The Morgan fingerprint density at radius 3 is 2.92 bits per heavy atom. The molecular weight excluding hydrogens is 345 g/mol. The highest BCUT2D eigenvalue weighted by atomic mass is 35.5. The molecular formula is C14H17ClFN3O5. The SMILES string of the molecule is CCOc1c([C@H](C)NNC(=O)O)cc(Cl)c(F)c1C1CNC(=O)O1. The van der Waals surface area contributed by atoms with Crippen LogP contribution in [-0.4, -0.2) is 30.4 Å². The average Bonchev–Trinajstić information content (AvgIpc) is 2.94. The smallest absolute Gasteiger partial charge is 0.419 e. The minimum Gasteiger partial charge on any atom is -0.493 e. The fraction of sp³-hybridized carbons (Fsp3) is 0.429. The van der Waals surface area contributed by atoms with Gasteiger partial charge in [0.15, 0.2) is 11.9 Å². The molecule has 2 amide bonds. The van der Waals surface area contributed by atoms with Crippen LogP contribution in [0.1, 0.15) is 37.1 Å². The zero-order chi connectivity index (χ0) is 17.9. The van der Waals surface area contributed by atoms with Gasteiger partial charge in [-0.2, -0.15) is 0 Å². The lowest BCUT2D eigenvalue weighted by atomic mass is 9.99. The van der Waals surface area contributed by atoms with Gasteiger partial charge in [0, 0.05) is 5.56 Å². The first-order chi connectivity index (χ1) is 11.3. The summed E-state index contributed by atoms with van der Waals surface area (Å²) in [5.74, 6) is -0.586. The van der Waals surface area contributed by atoms with E-state index in [4.69, 9.17) is 26.2 Å². The summed E-state index contributed by atoms with van der Waals surface area (Å²) in [5.41, 5.74) is 5.00. The van der Waals surface area contributed by atoms with E-state index in [-0.39, 0.29) is 29.5 Å². The van der Waals surface area contributed by atoms with E-state index in [1.807, 2.05) is 5.43 Å². The lowest BCUT2D eigenvalue weighted by Gasteiger charge is -2.23. The van der Waals surface area contributed by atoms with Gasteiger partial charge in [0.05, 0.1) is 29.8 Å². The number of benzene rings is 1. The van der Waals surface area contributed by atoms with Gasteiger partial charge >= 0.3 is 12.2 Å². The molecule has 24 heavy (non-hydrogen) atoms. The van der Waals surface area contributed by atoms with Crippen molar-refractivity contribution in [3.8, 4) is 5.75 Å². The fourth-order valence-electron chi connectivity index (χ4n) is 2.36. The quantitative estimate of drug-likeness (QED) is 0.580. The summed E-state index contributed by atoms with van der Waals surface area (Å²) in [5, 5.41) is 10.9. The second-order valence-corrected chi connectivity index (χ2v) is 5.42. The number of carbonyl (C=O) groups is 2. The Balaban J connectivity index is 2.48. The van der Waals surface area contributed by atoms with E-state index in [0.29, 0.717) is 5.56 Å². The summed E-state index contributed by atoms with van der Waals surface area (Å²) >= 11 is 5.96. The van der Waals surface area contributed by atoms with Gasteiger partial charge in [0.1, 0.15) is 5.75 Å². The molecule has 10 heteroatoms. The van der Waals surface area contributed by atoms with Gasteiger partial charge in [-0.3, -0.25) is 5.43 Å². The molecule has 4 N–H and O–H groups in total. The molecule has 1 aromatic carbocycles. The number of amides is 2. The highest BCUT2D eigenvalue weighted by molar-refractivity contribution is 6.31. The average molecular weight is 362 g/mol. The van der Waals surface area contributed by atoms with Crippen molar-refractivity contribution in [2.75, 3.05) is 13.2 Å². The molecule has 2 rings (SSSR count). The fourth-order valence-corrected chi connectivity index (χ4v) is 2.58. The number of nitrogens with one attached hydrogen (secondary N) is 3. The third-order valence-corrected chi connectivity index (χ3v) is 3.66. The molecule has 132 valence electrons. The zero-order valence-electron chi connectivity index (χ0n) is 13.0. The summed E-state index contributed by atoms with van der Waals surface area (Å²) in [4.78, 5) is 21.9. The van der Waals surface area contributed by atoms with Crippen molar-refractivity contribution in [1.82, 2.24) is 16.2 Å². The summed E-state index contributed by atoms with van der Waals surface area (Å²) < 4.78 is 25.2. The molecule has 0 spiro atoms. The predicted octanol–water partition coefficient (Wildman–Crippen LogP) is 2.49. The summed E-state index contributed by atoms with van der Waals surface area (Å²) in [6.07, 6.45) is -2.83. The zero-order valence-corrected chi connectivity index (χ0v) is 13.7. The Labute approximate surface area is 142 Å². The molecule has 1 fully saturated rings. The van der Waals surface area contributed by atoms with E-state index >= 15 is 0 Å². The summed E-state index contributed by atoms with van der Waals surface area (Å²) in [6.45, 7) is 3.66. The molecule has 1 saturated heterocycles. The number of ether oxygens (including phenoxy) is 2. The predicted molar refractivity (Wildman–Crippen MR) is 82.5 cm³/mol. The number of cyclic esters (lactones) is 1. The van der Waals surface area contributed by atoms with E-state index in [1.54, 1.807) is 13.8 Å². The normalized spacial score (nSPS) is 17.8. The van der Waals surface area contributed by atoms with Crippen LogP contribution in [-0.2, 0) is 4.74 Å². The third kappa shape index (κ3) is 3.80. The maximum absolute atomic E-state index is 14.6. The van der Waals surface area contributed by atoms with Crippen molar-refractivity contribution in [1.29, 1.82) is 0 Å². The maximum Gasteiger partial charge on any atom is 0.419 e. The van der Waals surface area contributed by atoms with Crippen LogP contribution in [0.5, 0.6) is 5.75 Å². The van der Waals surface area contributed by atoms with Gasteiger partial charge in [-0.1, -0.05) is 11.6 Å². The number of carbonyl (C=O) groups excluding carboxylic acids is 1. The first-order valence-electron chi connectivity index (χ1n) is 7.18. The van der Waals surface area contributed by atoms with E-state index in [2.05, 4.69) is 10.7 Å². The number of alkyl carbamates (subject to hydrolysis) is 1. The molecule has 0 bridgehead atoms. The number of hydrazine groups is 1. The Morgan fingerprint density at radius 1 is 1.67 bits per heavy atom. The first-order valence-corrected chi connectivity index (χ1v) is 7.56. The molecule has 1 aromatic rings. The Morgan fingerprint density at radius 2 is 2.38 bits per heavy atom. The highest BCUT2D eigenvalue weighted by Crippen LogP contribution is 2.40. The Kier molecular flexibility index (Phi) is 5.68. The molecule has 1 aliphatic rings. The standard InChI is InChI=1S/C14H17ClFN3O5/c1-3-23-12-7(6(2)18-19-13(20)21)4-8(15)11(16)10(12)9-5-17-14(22)24-9/h4,6,9,18-19H,3,5H2,1-2H3,(H,17,22)(H,20,21)/t6-,9?/m0/s1. The van der Waals surface area contributed by atoms with Crippen LogP contribution < -0.4 is 20.9 Å². The molecule has 1 heterocycles. The monoisotopic (exact) mass is 361 g/mol. The van der Waals surface area contributed by atoms with Crippen molar-refractivity contribution < 1.29 is 28.6 Å². The summed E-state index contributed by atoms with van der Waals surface area (Å²) in [7, 11) is 0. The van der Waals surface area contributed by atoms with Crippen LogP contribution >= 0.6 is 11.6 Å². The number of halogens is 2. The van der Waals surface area contributed by atoms with Crippen LogP contribution in [0.15, 0.2) is 6.07 Å². The van der Waals surface area contributed by atoms with E-state index in [0.717, 1.165) is 0 Å². The topological polar surface area (TPSA) is 109 Å². The number of hydrogen-bond donors (Lipinski definition) is 4. The largest absolute Gasteiger partial charge is 0.493 e. The second kappa shape index (κ2) is 7.54. The van der Waals surface area contributed by atoms with Gasteiger partial charge in [-0.05, 0) is 19.9 Å². The van der Waals surface area contributed by atoms with Crippen molar-refractivity contribution >= 4 is 23.8 Å². The van der Waals surface area contributed by atoms with Crippen molar-refractivity contribution in [2.24, 2.45) is 0 Å². The van der Waals surface area contributed by atoms with E-state index < -0.39 is 30.1 Å². The second-order valence-electron chi connectivity index (χ2n) is 5.01. The Hall–Kier alpha value is -2.26. The third-order valence-electron chi connectivity index (χ3n) is 3.39. The van der Waals surface area contributed by atoms with Crippen molar-refractivity contribution in [3.63, 3.8) is 0 Å². The first kappa shape index (κ1) is 18.1. The van der Waals surface area contributed by atoms with Gasteiger partial charge in [-0.25, -0.2) is 19.4 Å². The lowest BCUT2D eigenvalue weighted by molar-refractivity contribution is 0.136. The highest BCUT2D eigenvalue weighted by Gasteiger charge is 2.33. The maximum atomic E-state index is 14.6. The van der Waals surface area contributed by atoms with Gasteiger partial charge in [0.2, 0.25) is 0 Å². The van der Waals surface area contributed by atoms with Crippen molar-refractivity contribution in [2.45, 2.75) is 26.0 Å². The minimum absolute atomic E-state index is 0.0154. The van der Waals surface area contributed by atoms with Gasteiger partial charge in [-0.15, -0.1) is 0 Å². The molecule has 1 unspecified atom stereocenters. The van der Waals surface area contributed by atoms with Crippen LogP contribution in [0.4, 0.5) is 14.0 Å². The van der Waals surface area contributed by atoms with Crippen LogP contribution in [0.2, 0.25) is 5.02 Å². The van der Waals surface area contributed by atoms with Gasteiger partial charge in [0.25, 0.3) is 0 Å². The molecule has 0 aromatic heterocycles. The minimum atomic E-state index is -1.28. The Bertz CT molecular complexity index is 658. The molecule has 1 aliphatic heterocycles. The number of rotatable bonds is 6. The van der Waals surface area contributed by atoms with E-state index in [9.17, 15) is 14.0 Å². The molecule has 2 atom stereocenters. The van der Waals surface area contributed by atoms with Gasteiger partial charge < -0.3 is 19.9 Å².